The zero-order chi connectivity index (χ0) is 26.4. The lowest BCUT2D eigenvalue weighted by molar-refractivity contribution is -0.119. The minimum Gasteiger partial charge on any atom is -0.378 e. The second-order valence-corrected chi connectivity index (χ2v) is 10.8. The normalized spacial score (nSPS) is 13.7. The van der Waals surface area contributed by atoms with Crippen LogP contribution in [0, 0.1) is 6.92 Å². The molecule has 2 heterocycles. The van der Waals surface area contributed by atoms with Gasteiger partial charge in [-0.1, -0.05) is 35.9 Å². The highest BCUT2D eigenvalue weighted by atomic mass is 35.5. The number of nitrogens with zero attached hydrogens (tertiary/aromatic N) is 3. The summed E-state index contributed by atoms with van der Waals surface area (Å²) in [4.78, 5) is 30.3. The van der Waals surface area contributed by atoms with Crippen molar-refractivity contribution < 1.29 is 22.7 Å². The molecule has 11 heteroatoms. The van der Waals surface area contributed by atoms with Crippen LogP contribution >= 0.6 is 11.6 Å². The Hall–Kier alpha value is -3.47. The van der Waals surface area contributed by atoms with E-state index in [2.05, 4.69) is 10.3 Å². The number of rotatable bonds is 9. The molecule has 2 aromatic carbocycles. The number of aldehydes is 1. The molecule has 0 spiro atoms. The van der Waals surface area contributed by atoms with E-state index in [0.717, 1.165) is 10.6 Å². The van der Waals surface area contributed by atoms with Gasteiger partial charge in [-0.05, 0) is 48.4 Å². The number of nitrogens with one attached hydrogen (secondary N) is 1. The molecule has 0 aliphatic carbocycles. The lowest BCUT2D eigenvalue weighted by Crippen LogP contribution is -2.41. The predicted molar refractivity (Wildman–Crippen MR) is 142 cm³/mol. The maximum atomic E-state index is 13.8. The van der Waals surface area contributed by atoms with Crippen LogP contribution in [0.2, 0.25) is 5.02 Å². The summed E-state index contributed by atoms with van der Waals surface area (Å²) >= 11 is 6.29. The van der Waals surface area contributed by atoms with Gasteiger partial charge in [0.05, 0.1) is 18.9 Å². The highest BCUT2D eigenvalue weighted by Crippen LogP contribution is 2.31. The number of halogens is 1. The van der Waals surface area contributed by atoms with Crippen molar-refractivity contribution in [3.8, 4) is 0 Å². The van der Waals surface area contributed by atoms with Gasteiger partial charge in [0.15, 0.2) is 0 Å². The van der Waals surface area contributed by atoms with Crippen molar-refractivity contribution in [2.75, 3.05) is 42.1 Å². The van der Waals surface area contributed by atoms with E-state index in [4.69, 9.17) is 16.3 Å². The highest BCUT2D eigenvalue weighted by molar-refractivity contribution is 7.92. The van der Waals surface area contributed by atoms with Gasteiger partial charge >= 0.3 is 0 Å². The van der Waals surface area contributed by atoms with Crippen molar-refractivity contribution in [2.24, 2.45) is 0 Å². The zero-order valence-corrected chi connectivity index (χ0v) is 21.8. The van der Waals surface area contributed by atoms with E-state index < -0.39 is 22.5 Å². The summed E-state index contributed by atoms with van der Waals surface area (Å²) in [6.07, 6.45) is 2.02. The number of carbonyl (C=O) groups is 2. The Bertz CT molecular complexity index is 1380. The molecule has 1 N–H and O–H groups in total. The Morgan fingerprint density at radius 3 is 2.62 bits per heavy atom. The second-order valence-electron chi connectivity index (χ2n) is 8.49. The molecule has 1 fully saturated rings. The molecule has 194 valence electrons. The van der Waals surface area contributed by atoms with E-state index in [1.807, 2.05) is 4.90 Å². The molecule has 37 heavy (non-hydrogen) atoms. The molecule has 0 saturated carbocycles. The Balaban J connectivity index is 1.59. The second kappa shape index (κ2) is 11.7. The lowest BCUT2D eigenvalue weighted by Gasteiger charge is -2.28. The van der Waals surface area contributed by atoms with Gasteiger partial charge in [0.25, 0.3) is 10.0 Å². The molecule has 0 radical (unpaired) electrons. The third kappa shape index (κ3) is 6.27. The summed E-state index contributed by atoms with van der Waals surface area (Å²) in [5, 5.41) is 3.11. The number of hydrogen-bond donors (Lipinski definition) is 1. The maximum absolute atomic E-state index is 13.8. The number of aromatic nitrogens is 1. The quantitative estimate of drug-likeness (QED) is 0.413. The van der Waals surface area contributed by atoms with Crippen LogP contribution in [0.25, 0.3) is 0 Å². The molecule has 1 aromatic heterocycles. The SMILES string of the molecule is Cc1c(Cl)cccc1N(CC(=O)NCc1cccc(C=O)c1)S(=O)(=O)c1ccc(N2CCOCC2)nc1. The van der Waals surface area contributed by atoms with E-state index in [1.165, 1.54) is 12.3 Å². The first-order valence-corrected chi connectivity index (χ1v) is 13.5. The van der Waals surface area contributed by atoms with E-state index in [0.29, 0.717) is 59.5 Å². The molecule has 1 saturated heterocycles. The largest absolute Gasteiger partial charge is 0.378 e. The first-order valence-electron chi connectivity index (χ1n) is 11.7. The third-order valence-electron chi connectivity index (χ3n) is 6.02. The topological polar surface area (TPSA) is 109 Å². The monoisotopic (exact) mass is 542 g/mol. The average Bonchev–Trinajstić information content (AvgIpc) is 2.93. The molecule has 0 bridgehead atoms. The van der Waals surface area contributed by atoms with E-state index in [1.54, 1.807) is 55.5 Å². The predicted octanol–water partition coefficient (Wildman–Crippen LogP) is 3.20. The molecular formula is C26H27ClN4O5S. The van der Waals surface area contributed by atoms with Crippen LogP contribution < -0.4 is 14.5 Å². The van der Waals surface area contributed by atoms with Gasteiger partial charge in [-0.25, -0.2) is 13.4 Å². The van der Waals surface area contributed by atoms with Gasteiger partial charge in [0.2, 0.25) is 5.91 Å². The van der Waals surface area contributed by atoms with Crippen molar-refractivity contribution in [3.63, 3.8) is 0 Å². The van der Waals surface area contributed by atoms with Crippen LogP contribution in [0.1, 0.15) is 21.5 Å². The Labute approximate surface area is 221 Å². The number of amides is 1. The number of hydrogen-bond acceptors (Lipinski definition) is 7. The summed E-state index contributed by atoms with van der Waals surface area (Å²) in [5.74, 6) is 0.139. The minimum absolute atomic E-state index is 0.0460. The van der Waals surface area contributed by atoms with Crippen LogP contribution in [0.5, 0.6) is 0 Å². The molecule has 0 unspecified atom stereocenters. The van der Waals surface area contributed by atoms with Crippen LogP contribution in [0.15, 0.2) is 65.7 Å². The van der Waals surface area contributed by atoms with Crippen molar-refractivity contribution in [3.05, 3.63) is 82.5 Å². The fourth-order valence-electron chi connectivity index (χ4n) is 3.96. The van der Waals surface area contributed by atoms with Crippen LogP contribution in [-0.2, 0) is 26.1 Å². The van der Waals surface area contributed by atoms with Crippen molar-refractivity contribution in [1.82, 2.24) is 10.3 Å². The number of ether oxygens (including phenoxy) is 1. The zero-order valence-electron chi connectivity index (χ0n) is 20.3. The van der Waals surface area contributed by atoms with Gasteiger partial charge in [-0.15, -0.1) is 0 Å². The number of morpholine rings is 1. The third-order valence-corrected chi connectivity index (χ3v) is 8.17. The summed E-state index contributed by atoms with van der Waals surface area (Å²) in [6.45, 7) is 3.87. The Kier molecular flexibility index (Phi) is 8.42. The number of pyridine rings is 1. The molecule has 1 aliphatic heterocycles. The Morgan fingerprint density at radius 2 is 1.92 bits per heavy atom. The van der Waals surface area contributed by atoms with Crippen LogP contribution in [-0.4, -0.2) is 58.4 Å². The number of anilines is 2. The summed E-state index contributed by atoms with van der Waals surface area (Å²) < 4.78 is 33.9. The summed E-state index contributed by atoms with van der Waals surface area (Å²) in [7, 11) is -4.17. The smallest absolute Gasteiger partial charge is 0.266 e. The number of sulfonamides is 1. The summed E-state index contributed by atoms with van der Waals surface area (Å²) in [5.41, 5.74) is 2.02. The first kappa shape index (κ1) is 26.6. The van der Waals surface area contributed by atoms with Gasteiger partial charge < -0.3 is 15.0 Å². The van der Waals surface area contributed by atoms with Crippen molar-refractivity contribution >= 4 is 45.3 Å². The fraction of sp³-hybridized carbons (Fsp3) is 0.269. The molecule has 9 nitrogen and oxygen atoms in total. The van der Waals surface area contributed by atoms with Crippen molar-refractivity contribution in [2.45, 2.75) is 18.4 Å². The molecule has 0 atom stereocenters. The van der Waals surface area contributed by atoms with Gasteiger partial charge in [0, 0.05) is 36.4 Å². The minimum atomic E-state index is -4.17. The number of carbonyl (C=O) groups excluding carboxylic acids is 2. The van der Waals surface area contributed by atoms with Gasteiger partial charge in [-0.3, -0.25) is 13.9 Å². The first-order chi connectivity index (χ1) is 17.8. The standard InChI is InChI=1S/C26H27ClN4O5S/c1-19-23(27)6-3-7-24(19)31(17-26(33)29-15-20-4-2-5-21(14-20)18-32)37(34,35)22-8-9-25(28-16-22)30-10-12-36-13-11-30/h2-9,14,16,18H,10-13,15,17H2,1H3,(H,29,33). The van der Waals surface area contributed by atoms with E-state index in [9.17, 15) is 18.0 Å². The highest BCUT2D eigenvalue weighted by Gasteiger charge is 2.29. The molecule has 1 amide bonds. The van der Waals surface area contributed by atoms with Gasteiger partial charge in [0.1, 0.15) is 23.5 Å². The molecular weight excluding hydrogens is 516 g/mol. The molecule has 1 aliphatic rings. The van der Waals surface area contributed by atoms with Crippen LogP contribution in [0.4, 0.5) is 11.5 Å². The Morgan fingerprint density at radius 1 is 1.16 bits per heavy atom. The molecule has 3 aromatic rings. The van der Waals surface area contributed by atoms with E-state index in [-0.39, 0.29) is 11.4 Å². The fourth-order valence-corrected chi connectivity index (χ4v) is 5.55. The van der Waals surface area contributed by atoms with Crippen molar-refractivity contribution in [1.29, 1.82) is 0 Å². The van der Waals surface area contributed by atoms with Crippen LogP contribution in [0.3, 0.4) is 0 Å². The van der Waals surface area contributed by atoms with Gasteiger partial charge in [-0.2, -0.15) is 0 Å². The average molecular weight is 543 g/mol. The molecule has 4 rings (SSSR count). The van der Waals surface area contributed by atoms with E-state index >= 15 is 0 Å². The lowest BCUT2D eigenvalue weighted by atomic mass is 10.1. The summed E-state index contributed by atoms with van der Waals surface area (Å²) in [6, 6.07) is 14.8. The number of benzene rings is 2. The maximum Gasteiger partial charge on any atom is 0.266 e.